The maximum atomic E-state index is 6.13. The van der Waals surface area contributed by atoms with Crippen molar-refractivity contribution >= 4 is 72.6 Å². The molecule has 0 saturated heterocycles. The van der Waals surface area contributed by atoms with Crippen molar-refractivity contribution in [2.24, 2.45) is 15.0 Å². The summed E-state index contributed by atoms with van der Waals surface area (Å²) in [6.07, 6.45) is 0. The van der Waals surface area contributed by atoms with Crippen LogP contribution in [0.15, 0.2) is 207 Å². The smallest absolute Gasteiger partial charge is 0.161 e. The Morgan fingerprint density at radius 1 is 0.429 bits per heavy atom. The molecule has 9 aromatic carbocycles. The lowest BCUT2D eigenvalue weighted by atomic mass is 9.95. The zero-order valence-corrected chi connectivity index (χ0v) is 30.6. The van der Waals surface area contributed by atoms with Crippen LogP contribution in [0, 0.1) is 0 Å². The number of hydrogen-bond acceptors (Lipinski definition) is 2. The molecular formula is C52H35N3O. The molecule has 0 aliphatic rings. The van der Waals surface area contributed by atoms with Crippen LogP contribution in [0.3, 0.4) is 0 Å². The number of furan rings is 1. The number of rotatable bonds is 6. The van der Waals surface area contributed by atoms with E-state index in [0.717, 1.165) is 71.3 Å². The van der Waals surface area contributed by atoms with Crippen LogP contribution >= 0.6 is 0 Å². The second-order valence-corrected chi connectivity index (χ2v) is 14.1. The lowest BCUT2D eigenvalue weighted by molar-refractivity contribution is 0.669. The summed E-state index contributed by atoms with van der Waals surface area (Å²) in [7, 11) is 0. The Hall–Kier alpha value is -7.43. The molecule has 1 heterocycles. The molecule has 264 valence electrons. The minimum absolute atomic E-state index is 0.452. The third kappa shape index (κ3) is 6.23. The third-order valence-electron chi connectivity index (χ3n) is 10.6. The lowest BCUT2D eigenvalue weighted by Gasteiger charge is -2.11. The Morgan fingerprint density at radius 3 is 2.02 bits per heavy atom. The summed E-state index contributed by atoms with van der Waals surface area (Å²) in [5, 5.41) is 9.11. The summed E-state index contributed by atoms with van der Waals surface area (Å²) in [5.41, 5.74) is 9.37. The molecule has 0 bridgehead atoms. The molecule has 0 N–H and O–H groups in total. The van der Waals surface area contributed by atoms with E-state index in [1.54, 1.807) is 0 Å². The molecule has 4 nitrogen and oxygen atoms in total. The van der Waals surface area contributed by atoms with Gasteiger partial charge in [0.2, 0.25) is 0 Å². The SMILES string of the molecule is C=NC(=NC(=NCc1ccc2cc(-c3ccccc3)ccc2c1)c1ccc2c(-c3ccc4oc5ccccc5c4c3)cccc2c1)c1ccc2ccccc2c1. The fourth-order valence-corrected chi connectivity index (χ4v) is 7.75. The number of benzene rings is 9. The van der Waals surface area contributed by atoms with Crippen LogP contribution in [0.1, 0.15) is 16.7 Å². The average molecular weight is 718 g/mol. The van der Waals surface area contributed by atoms with Crippen LogP contribution in [0.25, 0.3) is 76.5 Å². The second-order valence-electron chi connectivity index (χ2n) is 14.1. The van der Waals surface area contributed by atoms with Crippen LogP contribution in [-0.4, -0.2) is 18.4 Å². The van der Waals surface area contributed by atoms with Crippen LogP contribution in [-0.2, 0) is 6.54 Å². The molecule has 0 aliphatic heterocycles. The first-order chi connectivity index (χ1) is 27.7. The van der Waals surface area contributed by atoms with Crippen molar-refractivity contribution in [1.82, 2.24) is 0 Å². The molecule has 0 amide bonds. The van der Waals surface area contributed by atoms with Crippen LogP contribution in [0.2, 0.25) is 0 Å². The van der Waals surface area contributed by atoms with Gasteiger partial charge in [0.15, 0.2) is 11.7 Å². The zero-order chi connectivity index (χ0) is 37.4. The monoisotopic (exact) mass is 717 g/mol. The summed E-state index contributed by atoms with van der Waals surface area (Å²) >= 11 is 0. The van der Waals surface area contributed by atoms with E-state index in [9.17, 15) is 0 Å². The molecule has 0 fully saturated rings. The first kappa shape index (κ1) is 33.2. The normalized spacial score (nSPS) is 12.3. The summed E-state index contributed by atoms with van der Waals surface area (Å²) in [6, 6.07) is 65.8. The summed E-state index contributed by atoms with van der Waals surface area (Å²) in [5.74, 6) is 1.12. The summed E-state index contributed by atoms with van der Waals surface area (Å²) in [4.78, 5) is 14.8. The molecule has 1 aromatic heterocycles. The molecule has 0 spiro atoms. The first-order valence-corrected chi connectivity index (χ1v) is 18.8. The number of amidine groups is 2. The van der Waals surface area contributed by atoms with Gasteiger partial charge in [0.25, 0.3) is 0 Å². The van der Waals surface area contributed by atoms with E-state index in [4.69, 9.17) is 14.4 Å². The Kier molecular flexibility index (Phi) is 8.34. The number of nitrogens with zero attached hydrogens (tertiary/aromatic N) is 3. The largest absolute Gasteiger partial charge is 0.456 e. The van der Waals surface area contributed by atoms with Crippen molar-refractivity contribution in [1.29, 1.82) is 0 Å². The van der Waals surface area contributed by atoms with E-state index in [-0.39, 0.29) is 0 Å². The highest BCUT2D eigenvalue weighted by Gasteiger charge is 2.13. The third-order valence-corrected chi connectivity index (χ3v) is 10.6. The van der Waals surface area contributed by atoms with E-state index in [0.29, 0.717) is 18.2 Å². The van der Waals surface area contributed by atoms with Gasteiger partial charge in [-0.3, -0.25) is 4.99 Å². The maximum Gasteiger partial charge on any atom is 0.161 e. The molecular weight excluding hydrogens is 683 g/mol. The molecule has 4 heteroatoms. The predicted octanol–water partition coefficient (Wildman–Crippen LogP) is 13.5. The van der Waals surface area contributed by atoms with E-state index in [1.165, 1.54) is 21.9 Å². The molecule has 10 rings (SSSR count). The van der Waals surface area contributed by atoms with E-state index in [1.807, 2.05) is 36.4 Å². The Bertz CT molecular complexity index is 3190. The Balaban J connectivity index is 1.05. The highest BCUT2D eigenvalue weighted by Crippen LogP contribution is 2.35. The van der Waals surface area contributed by atoms with Crippen molar-refractivity contribution in [3.63, 3.8) is 0 Å². The molecule has 0 aliphatic carbocycles. The molecule has 0 atom stereocenters. The van der Waals surface area contributed by atoms with Crippen molar-refractivity contribution in [3.8, 4) is 22.3 Å². The highest BCUT2D eigenvalue weighted by molar-refractivity contribution is 6.15. The van der Waals surface area contributed by atoms with Crippen LogP contribution < -0.4 is 0 Å². The number of hydrogen-bond donors (Lipinski definition) is 0. The van der Waals surface area contributed by atoms with Gasteiger partial charge in [0.1, 0.15) is 11.2 Å². The van der Waals surface area contributed by atoms with Gasteiger partial charge in [0.05, 0.1) is 6.54 Å². The van der Waals surface area contributed by atoms with Crippen molar-refractivity contribution < 1.29 is 4.42 Å². The topological polar surface area (TPSA) is 50.2 Å². The summed E-state index contributed by atoms with van der Waals surface area (Å²) < 4.78 is 6.13. The lowest BCUT2D eigenvalue weighted by Crippen LogP contribution is -2.06. The standard InChI is InChI=1S/C52H35N3O/c1-53-51(43-23-20-36-12-5-6-13-37(36)30-43)55-52(54-33-34-18-19-40-29-39(22-21-38(40)28-34)35-10-3-2-4-11-35)44-24-26-46-41(31-44)14-9-16-45(46)42-25-27-50-48(32-42)47-15-7-8-17-49(47)56-50/h2-32H,1,33H2. The first-order valence-electron chi connectivity index (χ1n) is 18.8. The molecule has 10 aromatic rings. The van der Waals surface area contributed by atoms with Crippen LogP contribution in [0.5, 0.6) is 0 Å². The highest BCUT2D eigenvalue weighted by atomic mass is 16.3. The number of para-hydroxylation sites is 1. The van der Waals surface area contributed by atoms with E-state index < -0.39 is 0 Å². The summed E-state index contributed by atoms with van der Waals surface area (Å²) in [6.45, 7) is 4.39. The quantitative estimate of drug-likeness (QED) is 0.125. The fourth-order valence-electron chi connectivity index (χ4n) is 7.75. The number of fused-ring (bicyclic) bond motifs is 6. The number of aliphatic imine (C=N–C) groups is 3. The minimum Gasteiger partial charge on any atom is -0.456 e. The Labute approximate surface area is 324 Å². The van der Waals surface area contributed by atoms with E-state index >= 15 is 0 Å². The second kappa shape index (κ2) is 14.1. The van der Waals surface area contributed by atoms with Gasteiger partial charge in [-0.1, -0.05) is 146 Å². The van der Waals surface area contributed by atoms with Gasteiger partial charge in [-0.2, -0.15) is 0 Å². The van der Waals surface area contributed by atoms with Gasteiger partial charge in [0, 0.05) is 21.9 Å². The van der Waals surface area contributed by atoms with Gasteiger partial charge in [-0.05, 0) is 109 Å². The zero-order valence-electron chi connectivity index (χ0n) is 30.6. The van der Waals surface area contributed by atoms with Gasteiger partial charge < -0.3 is 4.42 Å². The molecule has 56 heavy (non-hydrogen) atoms. The minimum atomic E-state index is 0.452. The molecule has 0 radical (unpaired) electrons. The molecule has 0 saturated carbocycles. The maximum absolute atomic E-state index is 6.13. The van der Waals surface area contributed by atoms with E-state index in [2.05, 4.69) is 163 Å². The predicted molar refractivity (Wildman–Crippen MR) is 236 cm³/mol. The van der Waals surface area contributed by atoms with Gasteiger partial charge in [-0.25, -0.2) is 9.98 Å². The molecule has 0 unspecified atom stereocenters. The average Bonchev–Trinajstić information content (AvgIpc) is 3.64. The van der Waals surface area contributed by atoms with Crippen molar-refractivity contribution in [2.75, 3.05) is 0 Å². The fraction of sp³-hybridized carbons (Fsp3) is 0.0192. The Morgan fingerprint density at radius 2 is 1.11 bits per heavy atom. The van der Waals surface area contributed by atoms with Crippen LogP contribution in [0.4, 0.5) is 0 Å². The van der Waals surface area contributed by atoms with Gasteiger partial charge >= 0.3 is 0 Å². The van der Waals surface area contributed by atoms with Gasteiger partial charge in [-0.15, -0.1) is 0 Å². The van der Waals surface area contributed by atoms with Crippen molar-refractivity contribution in [3.05, 3.63) is 205 Å². The van der Waals surface area contributed by atoms with Crippen molar-refractivity contribution in [2.45, 2.75) is 6.54 Å².